The standard InChI is InChI=1S/C9H6N2O2/c10-4-5-1-2-7-6(3-5)8(12)9(13)11-7/h1-3,8,12H,(H,11,13)/t8-/m0/s1. The van der Waals surface area contributed by atoms with E-state index < -0.39 is 12.0 Å². The summed E-state index contributed by atoms with van der Waals surface area (Å²) < 4.78 is 0. The first-order valence-electron chi connectivity index (χ1n) is 3.75. The predicted molar refractivity (Wildman–Crippen MR) is 44.7 cm³/mol. The Hall–Kier alpha value is -1.86. The average Bonchev–Trinajstić information content (AvgIpc) is 2.43. The molecule has 1 aromatic rings. The molecule has 13 heavy (non-hydrogen) atoms. The second-order valence-corrected chi connectivity index (χ2v) is 2.81. The molecule has 0 bridgehead atoms. The molecule has 1 aliphatic rings. The van der Waals surface area contributed by atoms with Crippen LogP contribution < -0.4 is 5.32 Å². The summed E-state index contributed by atoms with van der Waals surface area (Å²) in [5.74, 6) is -0.440. The lowest BCUT2D eigenvalue weighted by atomic mass is 10.1. The molecule has 1 heterocycles. The second-order valence-electron chi connectivity index (χ2n) is 2.81. The van der Waals surface area contributed by atoms with Crippen molar-refractivity contribution in [2.24, 2.45) is 0 Å². The molecule has 64 valence electrons. The topological polar surface area (TPSA) is 73.1 Å². The van der Waals surface area contributed by atoms with Gasteiger partial charge in [0.15, 0.2) is 6.10 Å². The van der Waals surface area contributed by atoms with Crippen molar-refractivity contribution < 1.29 is 9.90 Å². The highest BCUT2D eigenvalue weighted by molar-refractivity contribution is 6.01. The van der Waals surface area contributed by atoms with E-state index in [1.807, 2.05) is 6.07 Å². The molecule has 1 atom stereocenters. The van der Waals surface area contributed by atoms with E-state index in [1.54, 1.807) is 12.1 Å². The van der Waals surface area contributed by atoms with Crippen LogP contribution in [-0.2, 0) is 4.79 Å². The van der Waals surface area contributed by atoms with Crippen LogP contribution in [0.1, 0.15) is 17.2 Å². The van der Waals surface area contributed by atoms with Crippen molar-refractivity contribution >= 4 is 11.6 Å². The molecule has 0 saturated heterocycles. The van der Waals surface area contributed by atoms with Gasteiger partial charge in [0.2, 0.25) is 0 Å². The number of hydrogen-bond donors (Lipinski definition) is 2. The summed E-state index contributed by atoms with van der Waals surface area (Å²) in [5, 5.41) is 20.4. The van der Waals surface area contributed by atoms with Gasteiger partial charge in [0.05, 0.1) is 11.6 Å². The van der Waals surface area contributed by atoms with Crippen molar-refractivity contribution in [3.8, 4) is 6.07 Å². The summed E-state index contributed by atoms with van der Waals surface area (Å²) in [7, 11) is 0. The molecular weight excluding hydrogens is 168 g/mol. The van der Waals surface area contributed by atoms with Crippen molar-refractivity contribution in [2.75, 3.05) is 5.32 Å². The normalized spacial score (nSPS) is 19.1. The van der Waals surface area contributed by atoms with Gasteiger partial charge < -0.3 is 10.4 Å². The molecular formula is C9H6N2O2. The Morgan fingerprint density at radius 2 is 2.31 bits per heavy atom. The van der Waals surface area contributed by atoms with Gasteiger partial charge in [-0.25, -0.2) is 0 Å². The van der Waals surface area contributed by atoms with Crippen molar-refractivity contribution in [1.82, 2.24) is 0 Å². The molecule has 0 unspecified atom stereocenters. The van der Waals surface area contributed by atoms with E-state index in [0.717, 1.165) is 0 Å². The molecule has 2 rings (SSSR count). The van der Waals surface area contributed by atoms with E-state index in [9.17, 15) is 9.90 Å². The first-order valence-corrected chi connectivity index (χ1v) is 3.75. The number of benzene rings is 1. The predicted octanol–water partition coefficient (Wildman–Crippen LogP) is 0.544. The Bertz CT molecular complexity index is 420. The molecule has 0 radical (unpaired) electrons. The highest BCUT2D eigenvalue weighted by Gasteiger charge is 2.28. The lowest BCUT2D eigenvalue weighted by Gasteiger charge is -1.99. The largest absolute Gasteiger partial charge is 0.378 e. The fourth-order valence-electron chi connectivity index (χ4n) is 1.31. The highest BCUT2D eigenvalue weighted by Crippen LogP contribution is 2.30. The highest BCUT2D eigenvalue weighted by atomic mass is 16.3. The monoisotopic (exact) mass is 174 g/mol. The number of nitriles is 1. The van der Waals surface area contributed by atoms with Gasteiger partial charge in [0.1, 0.15) is 0 Å². The number of fused-ring (bicyclic) bond motifs is 1. The third-order valence-corrected chi connectivity index (χ3v) is 1.98. The van der Waals surface area contributed by atoms with Crippen LogP contribution in [0.4, 0.5) is 5.69 Å². The van der Waals surface area contributed by atoms with E-state index in [-0.39, 0.29) is 0 Å². The zero-order valence-electron chi connectivity index (χ0n) is 6.61. The SMILES string of the molecule is N#Cc1ccc2c(c1)[C@H](O)C(=O)N2. The number of nitrogens with zero attached hydrogens (tertiary/aromatic N) is 1. The van der Waals surface area contributed by atoms with Crippen LogP contribution >= 0.6 is 0 Å². The number of carbonyl (C=O) groups excluding carboxylic acids is 1. The Labute approximate surface area is 74.4 Å². The Kier molecular flexibility index (Phi) is 1.54. The average molecular weight is 174 g/mol. The zero-order chi connectivity index (χ0) is 9.42. The van der Waals surface area contributed by atoms with E-state index in [4.69, 9.17) is 5.26 Å². The smallest absolute Gasteiger partial charge is 0.257 e. The maximum absolute atomic E-state index is 11.0. The number of aliphatic hydroxyl groups is 1. The molecule has 4 nitrogen and oxygen atoms in total. The van der Waals surface area contributed by atoms with Crippen LogP contribution in [0.25, 0.3) is 0 Å². The lowest BCUT2D eigenvalue weighted by molar-refractivity contribution is -0.123. The van der Waals surface area contributed by atoms with Crippen molar-refractivity contribution in [1.29, 1.82) is 5.26 Å². The molecule has 0 spiro atoms. The summed E-state index contributed by atoms with van der Waals surface area (Å²) in [6.45, 7) is 0. The van der Waals surface area contributed by atoms with Crippen LogP contribution in [0.3, 0.4) is 0 Å². The summed E-state index contributed by atoms with van der Waals surface area (Å²) >= 11 is 0. The van der Waals surface area contributed by atoms with E-state index in [1.165, 1.54) is 6.07 Å². The van der Waals surface area contributed by atoms with Gasteiger partial charge in [0.25, 0.3) is 5.91 Å². The minimum atomic E-state index is -1.14. The van der Waals surface area contributed by atoms with Crippen LogP contribution in [0.2, 0.25) is 0 Å². The summed E-state index contributed by atoms with van der Waals surface area (Å²) in [6, 6.07) is 6.66. The molecule has 1 aromatic carbocycles. The van der Waals surface area contributed by atoms with Crippen LogP contribution in [0.5, 0.6) is 0 Å². The number of hydrogen-bond acceptors (Lipinski definition) is 3. The minimum Gasteiger partial charge on any atom is -0.378 e. The first kappa shape index (κ1) is 7.77. The van der Waals surface area contributed by atoms with Gasteiger partial charge in [-0.15, -0.1) is 0 Å². The van der Waals surface area contributed by atoms with E-state index in [0.29, 0.717) is 16.8 Å². The van der Waals surface area contributed by atoms with Gasteiger partial charge in [-0.2, -0.15) is 5.26 Å². The number of rotatable bonds is 0. The maximum atomic E-state index is 11.0. The molecule has 0 aliphatic carbocycles. The van der Waals surface area contributed by atoms with Gasteiger partial charge in [-0.1, -0.05) is 0 Å². The lowest BCUT2D eigenvalue weighted by Crippen LogP contribution is -2.10. The maximum Gasteiger partial charge on any atom is 0.257 e. The van der Waals surface area contributed by atoms with Crippen LogP contribution in [0.15, 0.2) is 18.2 Å². The van der Waals surface area contributed by atoms with E-state index in [2.05, 4.69) is 5.32 Å². The fraction of sp³-hybridized carbons (Fsp3) is 0.111. The number of amides is 1. The third-order valence-electron chi connectivity index (χ3n) is 1.98. The summed E-state index contributed by atoms with van der Waals surface area (Å²) in [6.07, 6.45) is -1.14. The molecule has 2 N–H and O–H groups in total. The number of carbonyl (C=O) groups is 1. The molecule has 1 amide bonds. The third kappa shape index (κ3) is 1.06. The minimum absolute atomic E-state index is 0.439. The van der Waals surface area contributed by atoms with Gasteiger partial charge in [-0.3, -0.25) is 4.79 Å². The summed E-state index contributed by atoms with van der Waals surface area (Å²) in [4.78, 5) is 11.0. The zero-order valence-corrected chi connectivity index (χ0v) is 6.61. The number of nitrogens with one attached hydrogen (secondary N) is 1. The van der Waals surface area contributed by atoms with Crippen LogP contribution in [0, 0.1) is 11.3 Å². The van der Waals surface area contributed by atoms with E-state index >= 15 is 0 Å². The Morgan fingerprint density at radius 3 is 3.00 bits per heavy atom. The van der Waals surface area contributed by atoms with Gasteiger partial charge >= 0.3 is 0 Å². The number of aliphatic hydroxyl groups excluding tert-OH is 1. The molecule has 0 saturated carbocycles. The Morgan fingerprint density at radius 1 is 1.54 bits per heavy atom. The summed E-state index contributed by atoms with van der Waals surface area (Å²) in [5.41, 5.74) is 1.50. The fourth-order valence-corrected chi connectivity index (χ4v) is 1.31. The van der Waals surface area contributed by atoms with Crippen molar-refractivity contribution in [2.45, 2.75) is 6.10 Å². The first-order chi connectivity index (χ1) is 6.22. The van der Waals surface area contributed by atoms with Crippen LogP contribution in [-0.4, -0.2) is 11.0 Å². The van der Waals surface area contributed by atoms with Gasteiger partial charge in [-0.05, 0) is 18.2 Å². The van der Waals surface area contributed by atoms with Gasteiger partial charge in [0, 0.05) is 11.3 Å². The Balaban J connectivity index is 2.55. The molecule has 1 aliphatic heterocycles. The van der Waals surface area contributed by atoms with Crippen molar-refractivity contribution in [3.05, 3.63) is 29.3 Å². The molecule has 0 fully saturated rings. The molecule has 4 heteroatoms. The van der Waals surface area contributed by atoms with Crippen molar-refractivity contribution in [3.63, 3.8) is 0 Å². The molecule has 0 aromatic heterocycles. The number of anilines is 1. The second kappa shape index (κ2) is 2.57. The quantitative estimate of drug-likeness (QED) is 0.603.